The summed E-state index contributed by atoms with van der Waals surface area (Å²) in [7, 11) is 1.76. The van der Waals surface area contributed by atoms with Crippen molar-refractivity contribution in [3.05, 3.63) is 11.6 Å². The third kappa shape index (κ3) is 2.47. The van der Waals surface area contributed by atoms with E-state index in [1.54, 1.807) is 7.11 Å². The van der Waals surface area contributed by atoms with E-state index in [0.29, 0.717) is 29.3 Å². The number of ether oxygens (including phenoxy) is 2. The van der Waals surface area contributed by atoms with Gasteiger partial charge < -0.3 is 14.6 Å². The third-order valence-electron chi connectivity index (χ3n) is 11.2. The SMILES string of the molecule is COC1OCC2=CCC3C4(C)CCC5C(C)(C)CCCC5(C)C4CC(O)C3(C)C21. The summed E-state index contributed by atoms with van der Waals surface area (Å²) < 4.78 is 11.8. The molecule has 1 saturated heterocycles. The molecule has 1 aliphatic heterocycles. The van der Waals surface area contributed by atoms with Crippen molar-refractivity contribution in [2.45, 2.75) is 92.0 Å². The van der Waals surface area contributed by atoms with Crippen LogP contribution in [0.1, 0.15) is 79.6 Å². The summed E-state index contributed by atoms with van der Waals surface area (Å²) in [5.74, 6) is 2.10. The quantitative estimate of drug-likeness (QED) is 0.583. The molecular formula is C26H42O3. The van der Waals surface area contributed by atoms with Gasteiger partial charge in [0.15, 0.2) is 6.29 Å². The Morgan fingerprint density at radius 3 is 2.45 bits per heavy atom. The molecule has 3 nitrogen and oxygen atoms in total. The molecule has 0 aromatic carbocycles. The first-order chi connectivity index (χ1) is 13.6. The minimum Gasteiger partial charge on any atom is -0.393 e. The molecule has 0 spiro atoms. The van der Waals surface area contributed by atoms with Crippen molar-refractivity contribution in [3.63, 3.8) is 0 Å². The zero-order valence-electron chi connectivity index (χ0n) is 19.5. The summed E-state index contributed by atoms with van der Waals surface area (Å²) in [5, 5.41) is 11.8. The molecule has 164 valence electrons. The monoisotopic (exact) mass is 402 g/mol. The number of fused-ring (bicyclic) bond motifs is 7. The smallest absolute Gasteiger partial charge is 0.164 e. The molecule has 9 unspecified atom stereocenters. The van der Waals surface area contributed by atoms with Crippen molar-refractivity contribution < 1.29 is 14.6 Å². The first-order valence-electron chi connectivity index (χ1n) is 12.1. The Kier molecular flexibility index (Phi) is 4.48. The van der Waals surface area contributed by atoms with E-state index in [1.165, 1.54) is 37.7 Å². The Morgan fingerprint density at radius 1 is 1.00 bits per heavy atom. The predicted molar refractivity (Wildman–Crippen MR) is 115 cm³/mol. The molecule has 0 amide bonds. The minimum absolute atomic E-state index is 0.153. The largest absolute Gasteiger partial charge is 0.393 e. The number of hydrogen-bond donors (Lipinski definition) is 1. The van der Waals surface area contributed by atoms with Gasteiger partial charge in [0.05, 0.1) is 12.7 Å². The lowest BCUT2D eigenvalue weighted by Gasteiger charge is -2.70. The standard InChI is InChI=1S/C26H42O3/c1-23(2)11-7-12-24(3)17(23)10-13-25(4)18-9-8-16-15-29-22(28-6)21(16)26(18,5)20(27)14-19(24)25/h8,17-22,27H,7,9-15H2,1-6H3. The highest BCUT2D eigenvalue weighted by molar-refractivity contribution is 5.27. The zero-order chi connectivity index (χ0) is 20.8. The van der Waals surface area contributed by atoms with Crippen LogP contribution in [0.2, 0.25) is 0 Å². The lowest BCUT2D eigenvalue weighted by Crippen LogP contribution is -2.66. The number of hydrogen-bond acceptors (Lipinski definition) is 3. The molecule has 5 aliphatic rings. The second-order valence-corrected chi connectivity index (χ2v) is 12.6. The van der Waals surface area contributed by atoms with Crippen LogP contribution >= 0.6 is 0 Å². The van der Waals surface area contributed by atoms with Crippen molar-refractivity contribution in [1.29, 1.82) is 0 Å². The van der Waals surface area contributed by atoms with Gasteiger partial charge in [0.2, 0.25) is 0 Å². The molecule has 0 aromatic rings. The van der Waals surface area contributed by atoms with E-state index in [4.69, 9.17) is 9.47 Å². The molecule has 5 rings (SSSR count). The molecule has 3 saturated carbocycles. The van der Waals surface area contributed by atoms with Gasteiger partial charge in [0.1, 0.15) is 0 Å². The van der Waals surface area contributed by atoms with E-state index in [0.717, 1.165) is 18.8 Å². The number of aliphatic hydroxyl groups excluding tert-OH is 1. The Balaban J connectivity index is 1.58. The van der Waals surface area contributed by atoms with Gasteiger partial charge in [-0.3, -0.25) is 0 Å². The van der Waals surface area contributed by atoms with Crippen LogP contribution in [0.5, 0.6) is 0 Å². The van der Waals surface area contributed by atoms with Crippen molar-refractivity contribution >= 4 is 0 Å². The first-order valence-corrected chi connectivity index (χ1v) is 12.1. The van der Waals surface area contributed by atoms with Crippen LogP contribution < -0.4 is 0 Å². The van der Waals surface area contributed by atoms with Crippen molar-refractivity contribution in [2.24, 2.45) is 45.3 Å². The average Bonchev–Trinajstić information content (AvgIpc) is 3.08. The zero-order valence-corrected chi connectivity index (χ0v) is 19.5. The molecule has 1 N–H and O–H groups in total. The molecule has 3 heteroatoms. The number of aliphatic hydroxyl groups is 1. The van der Waals surface area contributed by atoms with Crippen LogP contribution in [0.25, 0.3) is 0 Å². The van der Waals surface area contributed by atoms with Gasteiger partial charge in [-0.15, -0.1) is 0 Å². The topological polar surface area (TPSA) is 38.7 Å². The second-order valence-electron chi connectivity index (χ2n) is 12.6. The predicted octanol–water partition coefficient (Wildman–Crippen LogP) is 5.57. The maximum absolute atomic E-state index is 11.8. The van der Waals surface area contributed by atoms with Crippen molar-refractivity contribution in [2.75, 3.05) is 13.7 Å². The fraction of sp³-hybridized carbons (Fsp3) is 0.923. The lowest BCUT2D eigenvalue weighted by atomic mass is 9.34. The third-order valence-corrected chi connectivity index (χ3v) is 11.2. The highest BCUT2D eigenvalue weighted by Crippen LogP contribution is 2.73. The minimum atomic E-state index is -0.278. The molecule has 0 aromatic heterocycles. The molecule has 1 heterocycles. The molecule has 4 aliphatic carbocycles. The van der Waals surface area contributed by atoms with Crippen molar-refractivity contribution in [1.82, 2.24) is 0 Å². The number of methoxy groups -OCH3 is 1. The van der Waals surface area contributed by atoms with Crippen LogP contribution in [0, 0.1) is 45.3 Å². The summed E-state index contributed by atoms with van der Waals surface area (Å²) in [5.41, 5.74) is 2.29. The first kappa shape index (κ1) is 20.5. The summed E-state index contributed by atoms with van der Waals surface area (Å²) in [6, 6.07) is 0. The Hall–Kier alpha value is -0.380. The fourth-order valence-electron chi connectivity index (χ4n) is 9.90. The second kappa shape index (κ2) is 6.33. The highest BCUT2D eigenvalue weighted by Gasteiger charge is 2.69. The maximum Gasteiger partial charge on any atom is 0.164 e. The Labute approximate surface area is 177 Å². The van der Waals surface area contributed by atoms with E-state index in [1.807, 2.05) is 0 Å². The molecule has 4 fully saturated rings. The van der Waals surface area contributed by atoms with E-state index < -0.39 is 0 Å². The van der Waals surface area contributed by atoms with Gasteiger partial charge in [0.25, 0.3) is 0 Å². The molecular weight excluding hydrogens is 360 g/mol. The van der Waals surface area contributed by atoms with Gasteiger partial charge in [-0.2, -0.15) is 0 Å². The van der Waals surface area contributed by atoms with Gasteiger partial charge in [-0.05, 0) is 78.1 Å². The average molecular weight is 403 g/mol. The fourth-order valence-corrected chi connectivity index (χ4v) is 9.90. The van der Waals surface area contributed by atoms with Crippen LogP contribution in [0.4, 0.5) is 0 Å². The van der Waals surface area contributed by atoms with Gasteiger partial charge in [-0.1, -0.05) is 47.1 Å². The summed E-state index contributed by atoms with van der Waals surface area (Å²) in [6.45, 7) is 13.2. The molecule has 0 bridgehead atoms. The number of allylic oxidation sites excluding steroid dienone is 1. The van der Waals surface area contributed by atoms with Gasteiger partial charge in [-0.25, -0.2) is 0 Å². The maximum atomic E-state index is 11.8. The van der Waals surface area contributed by atoms with E-state index in [-0.39, 0.29) is 29.1 Å². The van der Waals surface area contributed by atoms with E-state index in [2.05, 4.69) is 40.7 Å². The summed E-state index contributed by atoms with van der Waals surface area (Å²) >= 11 is 0. The molecule has 0 radical (unpaired) electrons. The lowest BCUT2D eigenvalue weighted by molar-refractivity contribution is -0.249. The summed E-state index contributed by atoms with van der Waals surface area (Å²) in [4.78, 5) is 0. The number of rotatable bonds is 1. The molecule has 9 atom stereocenters. The summed E-state index contributed by atoms with van der Waals surface area (Å²) in [6.07, 6.45) is 10.7. The van der Waals surface area contributed by atoms with Crippen LogP contribution in [0.15, 0.2) is 11.6 Å². The van der Waals surface area contributed by atoms with Crippen molar-refractivity contribution in [3.8, 4) is 0 Å². The van der Waals surface area contributed by atoms with Crippen LogP contribution in [-0.2, 0) is 9.47 Å². The van der Waals surface area contributed by atoms with Crippen LogP contribution in [0.3, 0.4) is 0 Å². The van der Waals surface area contributed by atoms with Gasteiger partial charge in [0, 0.05) is 18.4 Å². The highest BCUT2D eigenvalue weighted by atomic mass is 16.7. The van der Waals surface area contributed by atoms with E-state index in [9.17, 15) is 5.11 Å². The Morgan fingerprint density at radius 2 is 1.72 bits per heavy atom. The van der Waals surface area contributed by atoms with Crippen LogP contribution in [-0.4, -0.2) is 31.2 Å². The Bertz CT molecular complexity index is 713. The van der Waals surface area contributed by atoms with E-state index >= 15 is 0 Å². The normalized spacial score (nSPS) is 55.9. The van der Waals surface area contributed by atoms with Gasteiger partial charge >= 0.3 is 0 Å². The molecule has 29 heavy (non-hydrogen) atoms.